The van der Waals surface area contributed by atoms with Crippen LogP contribution < -0.4 is 11.1 Å². The molecule has 1 unspecified atom stereocenters. The van der Waals surface area contributed by atoms with Crippen molar-refractivity contribution in [2.45, 2.75) is 25.8 Å². The highest BCUT2D eigenvalue weighted by atomic mass is 35.5. The molecule has 0 saturated carbocycles. The average molecular weight is 324 g/mol. The quantitative estimate of drug-likeness (QED) is 0.866. The van der Waals surface area contributed by atoms with Gasteiger partial charge in [0.2, 0.25) is 11.8 Å². The van der Waals surface area contributed by atoms with Crippen LogP contribution in [0.1, 0.15) is 31.4 Å². The van der Waals surface area contributed by atoms with Crippen molar-refractivity contribution in [3.8, 4) is 0 Å². The third kappa shape index (κ3) is 4.45. The van der Waals surface area contributed by atoms with Crippen LogP contribution in [0.3, 0.4) is 0 Å². The fourth-order valence-corrected chi connectivity index (χ4v) is 3.07. The summed E-state index contributed by atoms with van der Waals surface area (Å²) in [4.78, 5) is 25.3. The molecule has 0 aromatic heterocycles. The topological polar surface area (TPSA) is 75.4 Å². The molecule has 2 amide bonds. The number of nitrogens with two attached hydrogens (primary N) is 1. The first-order chi connectivity index (χ1) is 10.5. The predicted molar refractivity (Wildman–Crippen MR) is 86.4 cm³/mol. The number of carbonyl (C=O) groups excluding carboxylic acids is 2. The minimum absolute atomic E-state index is 0.0371. The molecule has 1 heterocycles. The van der Waals surface area contributed by atoms with Crippen LogP contribution in [0.2, 0.25) is 5.02 Å². The maximum atomic E-state index is 12.1. The smallest absolute Gasteiger partial charge is 0.234 e. The summed E-state index contributed by atoms with van der Waals surface area (Å²) in [6.45, 7) is 3.70. The summed E-state index contributed by atoms with van der Waals surface area (Å²) in [6, 6.07) is 7.35. The van der Waals surface area contributed by atoms with Gasteiger partial charge in [0.05, 0.1) is 12.6 Å². The first kappa shape index (κ1) is 16.8. The molecule has 3 N–H and O–H groups in total. The van der Waals surface area contributed by atoms with E-state index in [4.69, 9.17) is 17.3 Å². The van der Waals surface area contributed by atoms with Gasteiger partial charge in [-0.15, -0.1) is 0 Å². The number of amides is 2. The molecular formula is C16H22ClN3O2. The highest BCUT2D eigenvalue weighted by molar-refractivity contribution is 6.31. The van der Waals surface area contributed by atoms with Crippen LogP contribution in [-0.2, 0) is 9.59 Å². The van der Waals surface area contributed by atoms with Crippen LogP contribution in [0.15, 0.2) is 24.3 Å². The Labute approximate surface area is 135 Å². The molecule has 1 aliphatic heterocycles. The minimum Gasteiger partial charge on any atom is -0.369 e. The molecule has 6 heteroatoms. The van der Waals surface area contributed by atoms with Gasteiger partial charge in [-0.3, -0.25) is 14.5 Å². The summed E-state index contributed by atoms with van der Waals surface area (Å²) >= 11 is 6.13. The summed E-state index contributed by atoms with van der Waals surface area (Å²) in [5.74, 6) is -0.331. The molecule has 1 fully saturated rings. The van der Waals surface area contributed by atoms with E-state index < -0.39 is 0 Å². The van der Waals surface area contributed by atoms with E-state index in [0.717, 1.165) is 31.5 Å². The van der Waals surface area contributed by atoms with E-state index in [1.54, 1.807) is 0 Å². The van der Waals surface area contributed by atoms with E-state index in [1.807, 2.05) is 36.1 Å². The fourth-order valence-electron chi connectivity index (χ4n) is 2.77. The van der Waals surface area contributed by atoms with Gasteiger partial charge in [-0.1, -0.05) is 29.8 Å². The van der Waals surface area contributed by atoms with Crippen molar-refractivity contribution < 1.29 is 9.59 Å². The van der Waals surface area contributed by atoms with E-state index in [1.165, 1.54) is 0 Å². The highest BCUT2D eigenvalue weighted by Crippen LogP contribution is 2.22. The number of benzene rings is 1. The Morgan fingerprint density at radius 2 is 2.00 bits per heavy atom. The van der Waals surface area contributed by atoms with Crippen LogP contribution in [0.25, 0.3) is 0 Å². The summed E-state index contributed by atoms with van der Waals surface area (Å²) in [7, 11) is 0. The number of hydrogen-bond donors (Lipinski definition) is 2. The minimum atomic E-state index is -0.239. The van der Waals surface area contributed by atoms with E-state index in [-0.39, 0.29) is 23.8 Å². The van der Waals surface area contributed by atoms with Crippen LogP contribution in [0.5, 0.6) is 0 Å². The molecule has 0 aliphatic carbocycles. The first-order valence-corrected chi connectivity index (χ1v) is 7.90. The second-order valence-electron chi connectivity index (χ2n) is 5.76. The van der Waals surface area contributed by atoms with Crippen molar-refractivity contribution in [3.63, 3.8) is 0 Å². The van der Waals surface area contributed by atoms with Crippen molar-refractivity contribution >= 4 is 23.4 Å². The van der Waals surface area contributed by atoms with Gasteiger partial charge in [-0.25, -0.2) is 0 Å². The number of hydrogen-bond acceptors (Lipinski definition) is 3. The highest BCUT2D eigenvalue weighted by Gasteiger charge is 2.24. The molecule has 22 heavy (non-hydrogen) atoms. The Bertz CT molecular complexity index is 542. The van der Waals surface area contributed by atoms with Crippen LogP contribution in [-0.4, -0.2) is 36.3 Å². The Balaban J connectivity index is 1.81. The number of rotatable bonds is 5. The lowest BCUT2D eigenvalue weighted by atomic mass is 9.96. The second kappa shape index (κ2) is 7.61. The normalized spacial score (nSPS) is 17.9. The summed E-state index contributed by atoms with van der Waals surface area (Å²) in [5.41, 5.74) is 6.22. The van der Waals surface area contributed by atoms with E-state index in [0.29, 0.717) is 11.6 Å². The fraction of sp³-hybridized carbons (Fsp3) is 0.500. The van der Waals surface area contributed by atoms with Crippen molar-refractivity contribution in [2.75, 3.05) is 19.6 Å². The molecule has 5 nitrogen and oxygen atoms in total. The zero-order chi connectivity index (χ0) is 16.1. The monoisotopic (exact) mass is 323 g/mol. The number of carbonyl (C=O) groups is 2. The van der Waals surface area contributed by atoms with Gasteiger partial charge in [0, 0.05) is 10.9 Å². The third-order valence-corrected chi connectivity index (χ3v) is 4.45. The molecule has 1 aromatic carbocycles. The number of piperidine rings is 1. The molecule has 1 aromatic rings. The molecule has 1 atom stereocenters. The Morgan fingerprint density at radius 3 is 2.59 bits per heavy atom. The molecule has 0 radical (unpaired) electrons. The standard InChI is InChI=1S/C16H22ClN3O2/c1-11(13-4-2-3-5-14(13)17)19-15(21)10-20-8-6-12(7-9-20)16(18)22/h2-5,11-12H,6-10H2,1H3,(H2,18,22)(H,19,21). The van der Waals surface area contributed by atoms with Gasteiger partial charge in [0.25, 0.3) is 0 Å². The van der Waals surface area contributed by atoms with Crippen LogP contribution in [0.4, 0.5) is 0 Å². The lowest BCUT2D eigenvalue weighted by Gasteiger charge is -2.30. The number of nitrogens with one attached hydrogen (secondary N) is 1. The molecule has 120 valence electrons. The van der Waals surface area contributed by atoms with E-state index in [9.17, 15) is 9.59 Å². The van der Waals surface area contributed by atoms with Crippen LogP contribution >= 0.6 is 11.6 Å². The zero-order valence-corrected chi connectivity index (χ0v) is 13.5. The molecule has 2 rings (SSSR count). The van der Waals surface area contributed by atoms with Gasteiger partial charge in [0.15, 0.2) is 0 Å². The van der Waals surface area contributed by atoms with Gasteiger partial charge in [-0.05, 0) is 44.5 Å². The van der Waals surface area contributed by atoms with E-state index in [2.05, 4.69) is 5.32 Å². The maximum absolute atomic E-state index is 12.1. The third-order valence-electron chi connectivity index (χ3n) is 4.11. The van der Waals surface area contributed by atoms with Gasteiger partial charge in [0.1, 0.15) is 0 Å². The Morgan fingerprint density at radius 1 is 1.36 bits per heavy atom. The van der Waals surface area contributed by atoms with Crippen molar-refractivity contribution in [2.24, 2.45) is 11.7 Å². The zero-order valence-electron chi connectivity index (χ0n) is 12.7. The first-order valence-electron chi connectivity index (χ1n) is 7.53. The summed E-state index contributed by atoms with van der Waals surface area (Å²) < 4.78 is 0. The van der Waals surface area contributed by atoms with Crippen molar-refractivity contribution in [1.82, 2.24) is 10.2 Å². The van der Waals surface area contributed by atoms with E-state index >= 15 is 0 Å². The van der Waals surface area contributed by atoms with Crippen molar-refractivity contribution in [1.29, 1.82) is 0 Å². The SMILES string of the molecule is CC(NC(=O)CN1CCC(C(N)=O)CC1)c1ccccc1Cl. The summed E-state index contributed by atoms with van der Waals surface area (Å²) in [5, 5.41) is 3.61. The molecule has 0 spiro atoms. The van der Waals surface area contributed by atoms with Gasteiger partial charge < -0.3 is 11.1 Å². The maximum Gasteiger partial charge on any atom is 0.234 e. The van der Waals surface area contributed by atoms with Gasteiger partial charge in [-0.2, -0.15) is 0 Å². The number of likely N-dealkylation sites (tertiary alicyclic amines) is 1. The number of primary amides is 1. The molecule has 1 saturated heterocycles. The Hall–Kier alpha value is -1.59. The van der Waals surface area contributed by atoms with Crippen LogP contribution in [0, 0.1) is 5.92 Å². The molecule has 0 bridgehead atoms. The lowest BCUT2D eigenvalue weighted by Crippen LogP contribution is -2.44. The lowest BCUT2D eigenvalue weighted by molar-refractivity contribution is -0.124. The largest absolute Gasteiger partial charge is 0.369 e. The van der Waals surface area contributed by atoms with Gasteiger partial charge >= 0.3 is 0 Å². The van der Waals surface area contributed by atoms with Crippen molar-refractivity contribution in [3.05, 3.63) is 34.9 Å². The second-order valence-corrected chi connectivity index (χ2v) is 6.17. The predicted octanol–water partition coefficient (Wildman–Crippen LogP) is 1.71. The molecule has 1 aliphatic rings. The number of halogens is 1. The summed E-state index contributed by atoms with van der Waals surface area (Å²) in [6.07, 6.45) is 1.45. The Kier molecular flexibility index (Phi) is 5.80. The average Bonchev–Trinajstić information content (AvgIpc) is 2.48. The molecular weight excluding hydrogens is 302 g/mol. The number of nitrogens with zero attached hydrogens (tertiary/aromatic N) is 1.